The lowest BCUT2D eigenvalue weighted by Gasteiger charge is -2.58. The number of aryl methyl sites for hydroxylation is 1. The lowest BCUT2D eigenvalue weighted by Crippen LogP contribution is -2.67. The molecule has 0 saturated heterocycles. The predicted octanol–water partition coefficient (Wildman–Crippen LogP) is 9.52. The third-order valence-electron chi connectivity index (χ3n) is 13.2. The number of halogens is 3. The van der Waals surface area contributed by atoms with Gasteiger partial charge in [-0.2, -0.15) is 17.9 Å². The van der Waals surface area contributed by atoms with Crippen molar-refractivity contribution in [2.75, 3.05) is 6.61 Å². The number of esters is 1. The highest BCUT2D eigenvalue weighted by molar-refractivity contribution is 7.89. The molecule has 49 heavy (non-hydrogen) atoms. The van der Waals surface area contributed by atoms with Crippen LogP contribution in [0.15, 0.2) is 40.8 Å². The van der Waals surface area contributed by atoms with E-state index in [1.807, 2.05) is 0 Å². The van der Waals surface area contributed by atoms with Crippen LogP contribution >= 0.6 is 0 Å². The number of benzene rings is 1. The molecule has 0 radical (unpaired) electrons. The first kappa shape index (κ1) is 38.3. The molecule has 0 bridgehead atoms. The summed E-state index contributed by atoms with van der Waals surface area (Å²) in [7, 11) is -4.83. The van der Waals surface area contributed by atoms with Gasteiger partial charge in [0.2, 0.25) is 10.0 Å². The lowest BCUT2D eigenvalue weighted by molar-refractivity contribution is -0.295. The van der Waals surface area contributed by atoms with Crippen LogP contribution in [0.3, 0.4) is 0 Å². The number of fused-ring (bicyclic) bond motifs is 5. The third-order valence-corrected chi connectivity index (χ3v) is 14.6. The molecule has 1 N–H and O–H groups in total. The maximum absolute atomic E-state index is 15.0. The van der Waals surface area contributed by atoms with Gasteiger partial charge in [-0.1, -0.05) is 83.2 Å². The Hall–Kier alpha value is -1.91. The van der Waals surface area contributed by atoms with Crippen LogP contribution < -0.4 is 4.72 Å². The average molecular weight is 710 g/mol. The maximum atomic E-state index is 15.0. The molecule has 6 nitrogen and oxygen atoms in total. The summed E-state index contributed by atoms with van der Waals surface area (Å²) in [6.45, 7) is 14.6. The molecule has 3 saturated carbocycles. The van der Waals surface area contributed by atoms with E-state index in [2.05, 4.69) is 40.7 Å². The molecule has 10 heteroatoms. The zero-order chi connectivity index (χ0) is 36.0. The van der Waals surface area contributed by atoms with E-state index < -0.39 is 38.9 Å². The minimum atomic E-state index is -5.43. The van der Waals surface area contributed by atoms with Crippen molar-refractivity contribution in [2.45, 2.75) is 142 Å². The maximum Gasteiger partial charge on any atom is 0.443 e. The van der Waals surface area contributed by atoms with Crippen molar-refractivity contribution in [1.29, 1.82) is 0 Å². The van der Waals surface area contributed by atoms with E-state index in [-0.39, 0.29) is 24.9 Å². The van der Waals surface area contributed by atoms with Crippen LogP contribution in [-0.2, 0) is 24.3 Å². The summed E-state index contributed by atoms with van der Waals surface area (Å²) in [5.74, 6) is 1.99. The van der Waals surface area contributed by atoms with Crippen molar-refractivity contribution in [3.8, 4) is 0 Å². The molecule has 0 aliphatic heterocycles. The summed E-state index contributed by atoms with van der Waals surface area (Å²) in [6.07, 6.45) is 6.46. The molecule has 1 aromatic rings. The number of hydrogen-bond donors (Lipinski definition) is 1. The van der Waals surface area contributed by atoms with Crippen molar-refractivity contribution < 1.29 is 35.9 Å². The largest absolute Gasteiger partial charge is 0.463 e. The number of allylic oxidation sites excluding steroid dienone is 1. The normalized spacial score (nSPS) is 33.5. The van der Waals surface area contributed by atoms with Crippen LogP contribution in [0.25, 0.3) is 0 Å². The van der Waals surface area contributed by atoms with Crippen molar-refractivity contribution in [3.05, 3.63) is 41.5 Å². The van der Waals surface area contributed by atoms with Gasteiger partial charge in [0, 0.05) is 0 Å². The number of ether oxygens (including phenoxy) is 2. The van der Waals surface area contributed by atoms with Gasteiger partial charge in [0.15, 0.2) is 0 Å². The summed E-state index contributed by atoms with van der Waals surface area (Å²) in [4.78, 5) is 12.8. The Morgan fingerprint density at radius 3 is 2.33 bits per heavy atom. The molecule has 276 valence electrons. The quantitative estimate of drug-likeness (QED) is 0.133. The number of nitrogens with one attached hydrogen (secondary N) is 1. The smallest absolute Gasteiger partial charge is 0.443 e. The van der Waals surface area contributed by atoms with Crippen LogP contribution in [0, 0.1) is 53.3 Å². The molecular formula is C39H58F3NO5S. The summed E-state index contributed by atoms with van der Waals surface area (Å²) >= 11 is 0. The first-order valence-corrected chi connectivity index (χ1v) is 20.1. The Bertz CT molecular complexity index is 1480. The molecule has 7 unspecified atom stereocenters. The number of sulfonamides is 1. The Balaban J connectivity index is 1.37. The number of rotatable bonds is 12. The second-order valence-electron chi connectivity index (χ2n) is 16.6. The lowest BCUT2D eigenvalue weighted by atomic mass is 9.47. The van der Waals surface area contributed by atoms with Crippen molar-refractivity contribution in [2.24, 2.45) is 46.3 Å². The molecule has 4 aliphatic carbocycles. The van der Waals surface area contributed by atoms with Crippen molar-refractivity contribution >= 4 is 16.0 Å². The molecule has 9 atom stereocenters. The highest BCUT2D eigenvalue weighted by atomic mass is 32.2. The fourth-order valence-electron chi connectivity index (χ4n) is 10.6. The summed E-state index contributed by atoms with van der Waals surface area (Å²) < 4.78 is 84.0. The van der Waals surface area contributed by atoms with Crippen LogP contribution in [0.1, 0.15) is 118 Å². The Morgan fingerprint density at radius 1 is 1.00 bits per heavy atom. The molecule has 5 rings (SSSR count). The highest BCUT2D eigenvalue weighted by Gasteiger charge is 2.67. The van der Waals surface area contributed by atoms with Crippen LogP contribution in [0.4, 0.5) is 13.2 Å². The van der Waals surface area contributed by atoms with E-state index in [9.17, 15) is 13.2 Å². The molecular weight excluding hydrogens is 651 g/mol. The average Bonchev–Trinajstić information content (AvgIpc) is 3.37. The van der Waals surface area contributed by atoms with E-state index in [1.165, 1.54) is 69.7 Å². The van der Waals surface area contributed by atoms with Gasteiger partial charge in [-0.3, -0.25) is 0 Å². The fourth-order valence-corrected chi connectivity index (χ4v) is 11.8. The first-order chi connectivity index (χ1) is 22.9. The molecule has 0 spiro atoms. The minimum Gasteiger partial charge on any atom is -0.463 e. The van der Waals surface area contributed by atoms with E-state index in [1.54, 1.807) is 11.6 Å². The summed E-state index contributed by atoms with van der Waals surface area (Å²) in [6, 6.07) is 5.37. The van der Waals surface area contributed by atoms with E-state index in [0.29, 0.717) is 35.5 Å². The topological polar surface area (TPSA) is 81.7 Å². The van der Waals surface area contributed by atoms with Gasteiger partial charge < -0.3 is 9.47 Å². The van der Waals surface area contributed by atoms with Crippen molar-refractivity contribution in [1.82, 2.24) is 4.72 Å². The third kappa shape index (κ3) is 7.26. The summed E-state index contributed by atoms with van der Waals surface area (Å²) in [5, 5.41) is 0. The van der Waals surface area contributed by atoms with Gasteiger partial charge in [-0.15, -0.1) is 0 Å². The van der Waals surface area contributed by atoms with E-state index in [0.717, 1.165) is 35.8 Å². The van der Waals surface area contributed by atoms with Gasteiger partial charge in [-0.25, -0.2) is 13.2 Å². The standard InChI is InChI=1S/C39H58F3NO5S/c1-8-47-35(44)38(39(40,41)42,43-49(45,46)30-15-12-26(4)13-16-30)48-29-20-22-36(6)28(24-29)14-17-31-33-19-18-32(27(5)11-9-10-25(2)3)37(33,7)23-21-34(31)36/h12-16,25,27,29,31-34,43H,8-11,17-24H2,1-7H3/t27?,29?,31?,32?,33?,34?,36-,37+,38?/m0/s1. The number of hydrogen-bond acceptors (Lipinski definition) is 5. The monoisotopic (exact) mass is 709 g/mol. The van der Waals surface area contributed by atoms with Gasteiger partial charge in [0.1, 0.15) is 0 Å². The Morgan fingerprint density at radius 2 is 1.69 bits per heavy atom. The van der Waals surface area contributed by atoms with E-state index in [4.69, 9.17) is 9.47 Å². The molecule has 0 heterocycles. The highest BCUT2D eigenvalue weighted by Crippen LogP contribution is 2.67. The molecule has 1 aromatic carbocycles. The Kier molecular flexibility index (Phi) is 11.1. The Labute approximate surface area is 292 Å². The van der Waals surface area contributed by atoms with Crippen molar-refractivity contribution in [3.63, 3.8) is 0 Å². The van der Waals surface area contributed by atoms with Crippen LogP contribution in [0.5, 0.6) is 0 Å². The zero-order valence-electron chi connectivity index (χ0n) is 30.5. The van der Waals surface area contributed by atoms with Gasteiger partial charge in [0.25, 0.3) is 0 Å². The number of carbonyl (C=O) groups is 1. The molecule has 3 fully saturated rings. The second-order valence-corrected chi connectivity index (χ2v) is 18.3. The van der Waals surface area contributed by atoms with Gasteiger partial charge >= 0.3 is 17.9 Å². The number of alkyl halides is 3. The minimum absolute atomic E-state index is 0.169. The van der Waals surface area contributed by atoms with E-state index >= 15 is 13.2 Å². The first-order valence-electron chi connectivity index (χ1n) is 18.6. The summed E-state index contributed by atoms with van der Waals surface area (Å²) in [5.41, 5.74) is -1.93. The fraction of sp³-hybridized carbons (Fsp3) is 0.769. The second kappa shape index (κ2) is 14.3. The molecule has 0 aromatic heterocycles. The predicted molar refractivity (Wildman–Crippen MR) is 185 cm³/mol. The zero-order valence-corrected chi connectivity index (χ0v) is 31.3. The van der Waals surface area contributed by atoms with Crippen LogP contribution in [0.2, 0.25) is 0 Å². The molecule has 4 aliphatic rings. The number of carbonyl (C=O) groups excluding carboxylic acids is 1. The SMILES string of the molecule is CCOC(=O)C(NS(=O)(=O)c1ccc(C)cc1)(OC1CC[C@@]2(C)C(=CCC3C4CCC(C(C)CCCC(C)C)[C@@]4(C)CCC32)C1)C(F)(F)F. The molecule has 0 amide bonds. The van der Waals surface area contributed by atoms with Gasteiger partial charge in [-0.05, 0) is 124 Å². The van der Waals surface area contributed by atoms with Crippen LogP contribution in [-0.4, -0.2) is 39.0 Å². The van der Waals surface area contributed by atoms with Gasteiger partial charge in [0.05, 0.1) is 17.6 Å².